The number of amides is 1. The van der Waals surface area contributed by atoms with Crippen molar-refractivity contribution in [1.82, 2.24) is 4.90 Å². The molecule has 0 bridgehead atoms. The summed E-state index contributed by atoms with van der Waals surface area (Å²) in [5, 5.41) is 8.73. The third-order valence-corrected chi connectivity index (χ3v) is 3.25. The van der Waals surface area contributed by atoms with Crippen LogP contribution in [0.5, 0.6) is 0 Å². The zero-order valence-corrected chi connectivity index (χ0v) is 8.98. The largest absolute Gasteiger partial charge is 0.481 e. The van der Waals surface area contributed by atoms with Crippen LogP contribution in [-0.2, 0) is 9.59 Å². The lowest BCUT2D eigenvalue weighted by molar-refractivity contribution is -0.186. The summed E-state index contributed by atoms with van der Waals surface area (Å²) in [7, 11) is 0. The zero-order valence-electron chi connectivity index (χ0n) is 8.16. The number of halogens is 3. The number of hydrogen-bond acceptors (Lipinski definition) is 3. The molecule has 0 aliphatic carbocycles. The summed E-state index contributed by atoms with van der Waals surface area (Å²) in [6.45, 7) is -0.437. The van der Waals surface area contributed by atoms with E-state index in [1.165, 1.54) is 11.8 Å². The molecule has 0 aromatic heterocycles. The van der Waals surface area contributed by atoms with Crippen molar-refractivity contribution in [1.29, 1.82) is 0 Å². The van der Waals surface area contributed by atoms with E-state index in [9.17, 15) is 22.8 Å². The van der Waals surface area contributed by atoms with Gasteiger partial charge in [-0.3, -0.25) is 9.59 Å². The lowest BCUT2D eigenvalue weighted by atomic mass is 10.1. The molecule has 1 unspecified atom stereocenters. The van der Waals surface area contributed by atoms with Gasteiger partial charge in [0.25, 0.3) is 0 Å². The summed E-state index contributed by atoms with van der Waals surface area (Å²) in [4.78, 5) is 22.2. The zero-order chi connectivity index (χ0) is 12.3. The van der Waals surface area contributed by atoms with Crippen LogP contribution in [0, 0.1) is 5.92 Å². The molecular weight excluding hydrogens is 247 g/mol. The molecule has 1 rings (SSSR count). The smallest absolute Gasteiger partial charge is 0.471 e. The highest BCUT2D eigenvalue weighted by Gasteiger charge is 2.43. The predicted molar refractivity (Wildman–Crippen MR) is 51.1 cm³/mol. The molecule has 1 amide bonds. The number of rotatable bonds is 1. The van der Waals surface area contributed by atoms with Gasteiger partial charge < -0.3 is 10.0 Å². The molecule has 1 atom stereocenters. The van der Waals surface area contributed by atoms with Crippen LogP contribution >= 0.6 is 11.8 Å². The number of carboxylic acids is 1. The van der Waals surface area contributed by atoms with Crippen molar-refractivity contribution >= 4 is 23.6 Å². The Morgan fingerprint density at radius 3 is 2.50 bits per heavy atom. The van der Waals surface area contributed by atoms with Crippen LogP contribution in [0.1, 0.15) is 0 Å². The second-order valence-corrected chi connectivity index (χ2v) is 4.51. The second kappa shape index (κ2) is 4.94. The summed E-state index contributed by atoms with van der Waals surface area (Å²) in [5.74, 6) is -3.50. The highest BCUT2D eigenvalue weighted by molar-refractivity contribution is 7.99. The van der Waals surface area contributed by atoms with Gasteiger partial charge in [0.15, 0.2) is 0 Å². The van der Waals surface area contributed by atoms with Crippen LogP contribution < -0.4 is 0 Å². The van der Waals surface area contributed by atoms with Crippen LogP contribution in [0.25, 0.3) is 0 Å². The van der Waals surface area contributed by atoms with E-state index in [1.54, 1.807) is 0 Å². The van der Waals surface area contributed by atoms with Gasteiger partial charge in [-0.05, 0) is 0 Å². The standard InChI is InChI=1S/C8H10F3NO3S/c9-8(10,11)7(15)12-1-2-16-4-5(3-12)6(13)14/h5H,1-4H2,(H,13,14). The molecule has 1 N–H and O–H groups in total. The first-order valence-electron chi connectivity index (χ1n) is 4.49. The van der Waals surface area contributed by atoms with Gasteiger partial charge in [-0.2, -0.15) is 24.9 Å². The summed E-state index contributed by atoms with van der Waals surface area (Å²) in [6, 6.07) is 0. The molecule has 0 aromatic rings. The van der Waals surface area contributed by atoms with E-state index in [-0.39, 0.29) is 18.8 Å². The topological polar surface area (TPSA) is 57.6 Å². The van der Waals surface area contributed by atoms with Crippen molar-refractivity contribution in [3.63, 3.8) is 0 Å². The number of thioether (sulfide) groups is 1. The van der Waals surface area contributed by atoms with Gasteiger partial charge in [0.05, 0.1) is 5.92 Å². The summed E-state index contributed by atoms with van der Waals surface area (Å²) in [5.41, 5.74) is 0. The van der Waals surface area contributed by atoms with E-state index in [2.05, 4.69) is 0 Å². The van der Waals surface area contributed by atoms with E-state index < -0.39 is 24.0 Å². The van der Waals surface area contributed by atoms with Gasteiger partial charge in [0.2, 0.25) is 0 Å². The number of carboxylic acid groups (broad SMARTS) is 1. The molecule has 1 aliphatic rings. The molecule has 0 radical (unpaired) electrons. The first-order chi connectivity index (χ1) is 7.32. The van der Waals surface area contributed by atoms with Crippen molar-refractivity contribution in [2.24, 2.45) is 5.92 Å². The van der Waals surface area contributed by atoms with Gasteiger partial charge in [0.1, 0.15) is 0 Å². The Morgan fingerprint density at radius 2 is 2.00 bits per heavy atom. The maximum Gasteiger partial charge on any atom is 0.471 e. The molecule has 16 heavy (non-hydrogen) atoms. The highest BCUT2D eigenvalue weighted by atomic mass is 32.2. The minimum atomic E-state index is -4.93. The Bertz CT molecular complexity index is 295. The van der Waals surface area contributed by atoms with E-state index in [1.807, 2.05) is 0 Å². The Kier molecular flexibility index (Phi) is 4.06. The molecule has 0 spiro atoms. The first-order valence-corrected chi connectivity index (χ1v) is 5.64. The lowest BCUT2D eigenvalue weighted by Gasteiger charge is -2.23. The summed E-state index contributed by atoms with van der Waals surface area (Å²) >= 11 is 1.24. The predicted octanol–water partition coefficient (Wildman–Crippen LogP) is 0.825. The molecule has 1 aliphatic heterocycles. The highest BCUT2D eigenvalue weighted by Crippen LogP contribution is 2.22. The van der Waals surface area contributed by atoms with Crippen molar-refractivity contribution in [3.8, 4) is 0 Å². The van der Waals surface area contributed by atoms with Crippen molar-refractivity contribution in [2.45, 2.75) is 6.18 Å². The van der Waals surface area contributed by atoms with Gasteiger partial charge in [0, 0.05) is 24.6 Å². The Balaban J connectivity index is 2.72. The molecule has 1 fully saturated rings. The molecule has 4 nitrogen and oxygen atoms in total. The minimum Gasteiger partial charge on any atom is -0.481 e. The van der Waals surface area contributed by atoms with Gasteiger partial charge in [-0.1, -0.05) is 0 Å². The average molecular weight is 257 g/mol. The van der Waals surface area contributed by atoms with Crippen LogP contribution in [0.2, 0.25) is 0 Å². The third-order valence-electron chi connectivity index (χ3n) is 2.14. The minimum absolute atomic E-state index is 0.0627. The number of alkyl halides is 3. The SMILES string of the molecule is O=C(O)C1CSCCN(C(=O)C(F)(F)F)C1. The van der Waals surface area contributed by atoms with Gasteiger partial charge >= 0.3 is 18.1 Å². The number of carbonyl (C=O) groups is 2. The number of carbonyl (C=O) groups excluding carboxylic acids is 1. The molecular formula is C8H10F3NO3S. The molecule has 0 saturated carbocycles. The normalized spacial score (nSPS) is 22.7. The molecule has 8 heteroatoms. The molecule has 92 valence electrons. The van der Waals surface area contributed by atoms with Crippen LogP contribution in [0.3, 0.4) is 0 Å². The second-order valence-electron chi connectivity index (χ2n) is 3.36. The Hall–Kier alpha value is -0.920. The molecule has 0 aromatic carbocycles. The maximum absolute atomic E-state index is 12.1. The summed E-state index contributed by atoms with van der Waals surface area (Å²) < 4.78 is 36.4. The number of hydrogen-bond donors (Lipinski definition) is 1. The fraction of sp³-hybridized carbons (Fsp3) is 0.750. The van der Waals surface area contributed by atoms with Crippen LogP contribution in [-0.4, -0.2) is 52.7 Å². The van der Waals surface area contributed by atoms with E-state index in [0.717, 1.165) is 0 Å². The van der Waals surface area contributed by atoms with Crippen LogP contribution in [0.4, 0.5) is 13.2 Å². The number of nitrogens with zero attached hydrogens (tertiary/aromatic N) is 1. The lowest BCUT2D eigenvalue weighted by Crippen LogP contribution is -2.44. The fourth-order valence-corrected chi connectivity index (χ4v) is 2.37. The van der Waals surface area contributed by atoms with Crippen molar-refractivity contribution in [3.05, 3.63) is 0 Å². The van der Waals surface area contributed by atoms with Crippen molar-refractivity contribution < 1.29 is 27.9 Å². The van der Waals surface area contributed by atoms with E-state index >= 15 is 0 Å². The van der Waals surface area contributed by atoms with E-state index in [0.29, 0.717) is 10.7 Å². The van der Waals surface area contributed by atoms with Crippen molar-refractivity contribution in [2.75, 3.05) is 24.6 Å². The van der Waals surface area contributed by atoms with E-state index in [4.69, 9.17) is 5.11 Å². The average Bonchev–Trinajstić information content (AvgIpc) is 2.40. The monoisotopic (exact) mass is 257 g/mol. The fourth-order valence-electron chi connectivity index (χ4n) is 1.32. The third kappa shape index (κ3) is 3.29. The maximum atomic E-state index is 12.1. The molecule has 1 heterocycles. The molecule has 1 saturated heterocycles. The van der Waals surface area contributed by atoms with Gasteiger partial charge in [-0.25, -0.2) is 0 Å². The quantitative estimate of drug-likeness (QED) is 0.755. The Labute approximate surface area is 93.8 Å². The number of aliphatic carboxylic acids is 1. The summed E-state index contributed by atoms with van der Waals surface area (Å²) in [6.07, 6.45) is -4.93. The van der Waals surface area contributed by atoms with Crippen LogP contribution in [0.15, 0.2) is 0 Å². The Morgan fingerprint density at radius 1 is 1.38 bits per heavy atom. The van der Waals surface area contributed by atoms with Gasteiger partial charge in [-0.15, -0.1) is 0 Å². The first kappa shape index (κ1) is 13.1.